The average Bonchev–Trinajstić information content (AvgIpc) is 3.48. The van der Waals surface area contributed by atoms with Crippen LogP contribution in [-0.2, 0) is 4.74 Å². The minimum atomic E-state index is -0.176. The molecule has 2 N–H and O–H groups in total. The molecule has 5 rings (SSSR count). The summed E-state index contributed by atoms with van der Waals surface area (Å²) in [6, 6.07) is 11.4. The summed E-state index contributed by atoms with van der Waals surface area (Å²) in [6.45, 7) is 1.48. The highest BCUT2D eigenvalue weighted by atomic mass is 16.5. The van der Waals surface area contributed by atoms with Crippen molar-refractivity contribution >= 4 is 16.9 Å². The van der Waals surface area contributed by atoms with Gasteiger partial charge in [0.25, 0.3) is 5.91 Å². The highest BCUT2D eigenvalue weighted by Gasteiger charge is 2.31. The van der Waals surface area contributed by atoms with E-state index in [1.807, 2.05) is 41.3 Å². The first-order valence-corrected chi connectivity index (χ1v) is 9.74. The van der Waals surface area contributed by atoms with E-state index >= 15 is 0 Å². The highest BCUT2D eigenvalue weighted by Crippen LogP contribution is 2.30. The minimum absolute atomic E-state index is 0.0461. The maximum absolute atomic E-state index is 13.5. The summed E-state index contributed by atoms with van der Waals surface area (Å²) < 4.78 is 11.0. The largest absolute Gasteiger partial charge is 0.497 e. The molecule has 0 aliphatic carbocycles. The lowest BCUT2D eigenvalue weighted by Gasteiger charge is -2.36. The quantitative estimate of drug-likeness (QED) is 0.546. The van der Waals surface area contributed by atoms with E-state index in [0.29, 0.717) is 31.0 Å². The predicted molar refractivity (Wildman–Crippen MR) is 111 cm³/mol. The molecule has 0 spiro atoms. The van der Waals surface area contributed by atoms with Gasteiger partial charge < -0.3 is 19.4 Å². The molecule has 8 nitrogen and oxygen atoms in total. The van der Waals surface area contributed by atoms with Gasteiger partial charge in [0.05, 0.1) is 43.8 Å². The van der Waals surface area contributed by atoms with Crippen LogP contribution in [0.15, 0.2) is 55.0 Å². The number of nitrogens with one attached hydrogen (secondary N) is 2. The molecule has 1 fully saturated rings. The topological polar surface area (TPSA) is 96.1 Å². The van der Waals surface area contributed by atoms with Gasteiger partial charge in [0.1, 0.15) is 11.4 Å². The van der Waals surface area contributed by atoms with Crippen molar-refractivity contribution < 1.29 is 14.3 Å². The van der Waals surface area contributed by atoms with E-state index in [4.69, 9.17) is 9.47 Å². The van der Waals surface area contributed by atoms with E-state index in [0.717, 1.165) is 28.0 Å². The number of morpholine rings is 1. The van der Waals surface area contributed by atoms with E-state index in [9.17, 15) is 4.79 Å². The number of nitrogens with zero attached hydrogens (tertiary/aromatic N) is 3. The zero-order chi connectivity index (χ0) is 20.5. The summed E-state index contributed by atoms with van der Waals surface area (Å²) in [5, 5.41) is 7.55. The number of carbonyl (C=O) groups is 1. The molecule has 1 aliphatic rings. The molecule has 1 aromatic carbocycles. The maximum Gasteiger partial charge on any atom is 0.256 e. The van der Waals surface area contributed by atoms with Crippen LogP contribution in [0.4, 0.5) is 0 Å². The molecule has 0 radical (unpaired) electrons. The zero-order valence-corrected chi connectivity index (χ0v) is 16.5. The van der Waals surface area contributed by atoms with Gasteiger partial charge in [0.15, 0.2) is 0 Å². The monoisotopic (exact) mass is 403 g/mol. The Morgan fingerprint density at radius 2 is 2.20 bits per heavy atom. The SMILES string of the molecule is COc1cccc(C2COCCN2C(=O)c2c[nH]c3nc(-c4cn[nH]c4)ccc23)c1. The van der Waals surface area contributed by atoms with Crippen molar-refractivity contribution in [1.29, 1.82) is 0 Å². The van der Waals surface area contributed by atoms with Gasteiger partial charge >= 0.3 is 0 Å². The molecule has 0 bridgehead atoms. The second kappa shape index (κ2) is 7.64. The lowest BCUT2D eigenvalue weighted by molar-refractivity contribution is -0.00263. The van der Waals surface area contributed by atoms with E-state index in [-0.39, 0.29) is 11.9 Å². The fourth-order valence-corrected chi connectivity index (χ4v) is 3.86. The Morgan fingerprint density at radius 1 is 1.27 bits per heavy atom. The highest BCUT2D eigenvalue weighted by molar-refractivity contribution is 6.06. The number of hydrogen-bond acceptors (Lipinski definition) is 5. The van der Waals surface area contributed by atoms with Gasteiger partial charge in [0, 0.05) is 29.9 Å². The number of methoxy groups -OCH3 is 1. The molecule has 1 atom stereocenters. The Morgan fingerprint density at radius 3 is 3.03 bits per heavy atom. The van der Waals surface area contributed by atoms with Gasteiger partial charge in [-0.25, -0.2) is 4.98 Å². The van der Waals surface area contributed by atoms with Crippen molar-refractivity contribution in [3.05, 3.63) is 66.1 Å². The van der Waals surface area contributed by atoms with Gasteiger partial charge in [-0.05, 0) is 29.8 Å². The molecule has 4 heterocycles. The number of benzene rings is 1. The summed E-state index contributed by atoms with van der Waals surface area (Å²) in [5.41, 5.74) is 3.94. The van der Waals surface area contributed by atoms with Crippen molar-refractivity contribution in [2.45, 2.75) is 6.04 Å². The molecule has 1 saturated heterocycles. The lowest BCUT2D eigenvalue weighted by atomic mass is 10.0. The second-order valence-corrected chi connectivity index (χ2v) is 7.15. The van der Waals surface area contributed by atoms with Crippen LogP contribution < -0.4 is 4.74 Å². The number of H-pyrrole nitrogens is 2. The Labute approximate surface area is 172 Å². The molecule has 3 aromatic heterocycles. The molecule has 1 unspecified atom stereocenters. The van der Waals surface area contributed by atoms with Crippen LogP contribution in [0, 0.1) is 0 Å². The van der Waals surface area contributed by atoms with E-state index in [1.165, 1.54) is 0 Å². The minimum Gasteiger partial charge on any atom is -0.497 e. The molecule has 30 heavy (non-hydrogen) atoms. The Bertz CT molecular complexity index is 1180. The number of amides is 1. The Balaban J connectivity index is 1.48. The normalized spacial score (nSPS) is 16.7. The van der Waals surface area contributed by atoms with Crippen LogP contribution in [-0.4, -0.2) is 57.8 Å². The third-order valence-corrected chi connectivity index (χ3v) is 5.43. The number of carbonyl (C=O) groups excluding carboxylic acids is 1. The summed E-state index contributed by atoms with van der Waals surface area (Å²) in [6.07, 6.45) is 5.24. The summed E-state index contributed by atoms with van der Waals surface area (Å²) in [4.78, 5) is 23.2. The lowest BCUT2D eigenvalue weighted by Crippen LogP contribution is -2.43. The van der Waals surface area contributed by atoms with Gasteiger partial charge in [-0.2, -0.15) is 5.10 Å². The number of ether oxygens (including phenoxy) is 2. The number of rotatable bonds is 4. The van der Waals surface area contributed by atoms with Gasteiger partial charge in [-0.1, -0.05) is 12.1 Å². The number of pyridine rings is 1. The van der Waals surface area contributed by atoms with Crippen LogP contribution in [0.25, 0.3) is 22.3 Å². The van der Waals surface area contributed by atoms with Gasteiger partial charge in [-0.15, -0.1) is 0 Å². The van der Waals surface area contributed by atoms with Crippen LogP contribution in [0.2, 0.25) is 0 Å². The van der Waals surface area contributed by atoms with Crippen molar-refractivity contribution in [2.75, 3.05) is 26.9 Å². The second-order valence-electron chi connectivity index (χ2n) is 7.15. The Hall–Kier alpha value is -3.65. The molecule has 4 aromatic rings. The molecule has 0 saturated carbocycles. The first-order valence-electron chi connectivity index (χ1n) is 9.74. The van der Waals surface area contributed by atoms with Gasteiger partial charge in [-0.3, -0.25) is 9.89 Å². The number of aromatic amines is 2. The zero-order valence-electron chi connectivity index (χ0n) is 16.5. The molecule has 152 valence electrons. The van der Waals surface area contributed by atoms with Crippen LogP contribution in [0.1, 0.15) is 22.0 Å². The Kier molecular flexibility index (Phi) is 4.68. The first kappa shape index (κ1) is 18.4. The van der Waals surface area contributed by atoms with Crippen molar-refractivity contribution in [1.82, 2.24) is 25.1 Å². The number of fused-ring (bicyclic) bond motifs is 1. The summed E-state index contributed by atoms with van der Waals surface area (Å²) >= 11 is 0. The van der Waals surface area contributed by atoms with Crippen LogP contribution >= 0.6 is 0 Å². The summed E-state index contributed by atoms with van der Waals surface area (Å²) in [7, 11) is 1.64. The summed E-state index contributed by atoms with van der Waals surface area (Å²) in [5.74, 6) is 0.712. The smallest absolute Gasteiger partial charge is 0.256 e. The van der Waals surface area contributed by atoms with Crippen molar-refractivity contribution in [3.63, 3.8) is 0 Å². The van der Waals surface area contributed by atoms with Crippen LogP contribution in [0.3, 0.4) is 0 Å². The molecule has 1 amide bonds. The maximum atomic E-state index is 13.5. The fourth-order valence-electron chi connectivity index (χ4n) is 3.86. The van der Waals surface area contributed by atoms with Gasteiger partial charge in [0.2, 0.25) is 0 Å². The fraction of sp³-hybridized carbons (Fsp3) is 0.227. The third-order valence-electron chi connectivity index (χ3n) is 5.43. The van der Waals surface area contributed by atoms with E-state index < -0.39 is 0 Å². The molecule has 8 heteroatoms. The van der Waals surface area contributed by atoms with E-state index in [1.54, 1.807) is 25.7 Å². The average molecular weight is 403 g/mol. The molecular weight excluding hydrogens is 382 g/mol. The van der Waals surface area contributed by atoms with E-state index in [2.05, 4.69) is 20.2 Å². The number of hydrogen-bond donors (Lipinski definition) is 2. The molecular formula is C22H21N5O3. The standard InChI is InChI=1S/C22H21N5O3/c1-29-16-4-2-3-14(9-16)20-13-30-8-7-27(20)22(28)18-12-23-21-17(18)5-6-19(26-21)15-10-24-25-11-15/h2-6,9-12,20H,7-8,13H2,1H3,(H,23,26)(H,24,25). The first-order chi connectivity index (χ1) is 14.7. The number of aromatic nitrogens is 4. The third kappa shape index (κ3) is 3.21. The predicted octanol–water partition coefficient (Wildman–Crippen LogP) is 3.18. The van der Waals surface area contributed by atoms with Crippen molar-refractivity contribution in [3.8, 4) is 17.0 Å². The molecule has 1 aliphatic heterocycles. The van der Waals surface area contributed by atoms with Crippen LogP contribution in [0.5, 0.6) is 5.75 Å². The van der Waals surface area contributed by atoms with Crippen molar-refractivity contribution in [2.24, 2.45) is 0 Å².